The molecule has 9 heteroatoms. The molecule has 1 aromatic heterocycles. The quantitative estimate of drug-likeness (QED) is 0.856. The van der Waals surface area contributed by atoms with Crippen LogP contribution in [0.4, 0.5) is 18.9 Å². The van der Waals surface area contributed by atoms with E-state index >= 15 is 0 Å². The number of rotatable bonds is 4. The highest BCUT2D eigenvalue weighted by Gasteiger charge is 2.45. The normalized spacial score (nSPS) is 26.8. The Morgan fingerprint density at radius 1 is 1.36 bits per heavy atom. The van der Waals surface area contributed by atoms with Crippen LogP contribution in [0.1, 0.15) is 12.8 Å². The molecular formula is C16H20F3N3O3. The molecule has 25 heavy (non-hydrogen) atoms. The molecule has 3 fully saturated rings. The summed E-state index contributed by atoms with van der Waals surface area (Å²) in [5.74, 6) is 0.0526. The van der Waals surface area contributed by atoms with E-state index in [0.29, 0.717) is 6.04 Å². The summed E-state index contributed by atoms with van der Waals surface area (Å²) in [6, 6.07) is 2.67. The van der Waals surface area contributed by atoms with Gasteiger partial charge in [0, 0.05) is 25.2 Å². The van der Waals surface area contributed by atoms with Gasteiger partial charge in [-0.05, 0) is 31.2 Å². The van der Waals surface area contributed by atoms with E-state index in [4.69, 9.17) is 14.6 Å². The van der Waals surface area contributed by atoms with Gasteiger partial charge in [-0.3, -0.25) is 4.98 Å². The van der Waals surface area contributed by atoms with Crippen molar-refractivity contribution in [2.45, 2.75) is 25.1 Å². The first-order chi connectivity index (χ1) is 11.8. The van der Waals surface area contributed by atoms with E-state index in [-0.39, 0.29) is 0 Å². The van der Waals surface area contributed by atoms with Crippen LogP contribution in [0, 0.1) is 11.8 Å². The van der Waals surface area contributed by atoms with Gasteiger partial charge in [0.1, 0.15) is 12.4 Å². The summed E-state index contributed by atoms with van der Waals surface area (Å²) in [6.07, 6.45) is 1.36. The van der Waals surface area contributed by atoms with Crippen molar-refractivity contribution in [3.63, 3.8) is 0 Å². The number of alkyl halides is 3. The largest absolute Gasteiger partial charge is 0.490 e. The van der Waals surface area contributed by atoms with Crippen molar-refractivity contribution in [3.05, 3.63) is 18.5 Å². The second kappa shape index (κ2) is 7.07. The van der Waals surface area contributed by atoms with Gasteiger partial charge in [0.25, 0.3) is 0 Å². The Morgan fingerprint density at radius 2 is 2.00 bits per heavy atom. The van der Waals surface area contributed by atoms with E-state index in [0.717, 1.165) is 30.7 Å². The predicted molar refractivity (Wildman–Crippen MR) is 83.6 cm³/mol. The summed E-state index contributed by atoms with van der Waals surface area (Å²) >= 11 is 0. The lowest BCUT2D eigenvalue weighted by Crippen LogP contribution is -2.46. The number of fused-ring (bicyclic) bond motifs is 1. The first kappa shape index (κ1) is 17.8. The summed E-state index contributed by atoms with van der Waals surface area (Å²) in [5, 5.41) is 10.5. The molecule has 2 aliphatic heterocycles. The number of ether oxygens (including phenoxy) is 1. The zero-order valence-electron chi connectivity index (χ0n) is 13.5. The van der Waals surface area contributed by atoms with Crippen molar-refractivity contribution >= 4 is 11.7 Å². The van der Waals surface area contributed by atoms with Crippen LogP contribution in [0.25, 0.3) is 0 Å². The zero-order chi connectivity index (χ0) is 18.0. The van der Waals surface area contributed by atoms with Crippen molar-refractivity contribution in [3.8, 4) is 5.75 Å². The standard InChI is InChI=1S/C14H19N3O.C2HF3O2/c1-2-16-12(1)9-18-14-4-13(5-15-6-14)17-7-10-3-11(10)8-17;3-2(4,5)1(6)7/h4-6,10-12,16H,1-3,7-9H2;(H,6,7)/t10?,11?,12-;/m0./s1. The summed E-state index contributed by atoms with van der Waals surface area (Å²) in [6.45, 7) is 4.30. The van der Waals surface area contributed by atoms with Gasteiger partial charge >= 0.3 is 12.1 Å². The van der Waals surface area contributed by atoms with Gasteiger partial charge in [-0.15, -0.1) is 0 Å². The Kier molecular flexibility index (Phi) is 5.03. The van der Waals surface area contributed by atoms with Crippen LogP contribution < -0.4 is 15.0 Å². The average Bonchev–Trinajstić information content (AvgIpc) is 3.12. The summed E-state index contributed by atoms with van der Waals surface area (Å²) < 4.78 is 37.5. The summed E-state index contributed by atoms with van der Waals surface area (Å²) in [4.78, 5) is 15.6. The second-order valence-corrected chi connectivity index (χ2v) is 6.59. The Hall–Kier alpha value is -2.03. The van der Waals surface area contributed by atoms with Gasteiger partial charge < -0.3 is 20.1 Å². The number of hydrogen-bond acceptors (Lipinski definition) is 5. The van der Waals surface area contributed by atoms with Crippen molar-refractivity contribution in [1.29, 1.82) is 0 Å². The Morgan fingerprint density at radius 3 is 2.52 bits per heavy atom. The molecule has 1 saturated carbocycles. The molecule has 138 valence electrons. The lowest BCUT2D eigenvalue weighted by molar-refractivity contribution is -0.192. The molecule has 3 aliphatic rings. The second-order valence-electron chi connectivity index (χ2n) is 6.59. The van der Waals surface area contributed by atoms with Gasteiger partial charge in [-0.1, -0.05) is 0 Å². The lowest BCUT2D eigenvalue weighted by atomic mass is 10.1. The maximum absolute atomic E-state index is 10.6. The molecule has 6 nitrogen and oxygen atoms in total. The molecule has 0 bridgehead atoms. The molecule has 2 N–H and O–H groups in total. The van der Waals surface area contributed by atoms with E-state index in [2.05, 4.69) is 21.3 Å². The van der Waals surface area contributed by atoms with E-state index in [1.54, 1.807) is 0 Å². The van der Waals surface area contributed by atoms with Crippen molar-refractivity contribution in [2.75, 3.05) is 31.1 Å². The number of carbonyl (C=O) groups is 1. The zero-order valence-corrected chi connectivity index (χ0v) is 13.5. The minimum Gasteiger partial charge on any atom is -0.490 e. The molecule has 0 amide bonds. The van der Waals surface area contributed by atoms with Crippen LogP contribution in [-0.2, 0) is 4.79 Å². The van der Waals surface area contributed by atoms with Crippen LogP contribution in [0.5, 0.6) is 5.75 Å². The van der Waals surface area contributed by atoms with Crippen LogP contribution in [0.15, 0.2) is 18.5 Å². The van der Waals surface area contributed by atoms with Gasteiger partial charge in [0.2, 0.25) is 0 Å². The fourth-order valence-corrected chi connectivity index (χ4v) is 2.96. The minimum absolute atomic E-state index is 0.535. The highest BCUT2D eigenvalue weighted by molar-refractivity contribution is 5.73. The molecule has 0 aromatic carbocycles. The highest BCUT2D eigenvalue weighted by atomic mass is 19.4. The molecular weight excluding hydrogens is 339 g/mol. The smallest absolute Gasteiger partial charge is 0.490 e. The van der Waals surface area contributed by atoms with E-state index in [9.17, 15) is 13.2 Å². The molecule has 1 aromatic rings. The van der Waals surface area contributed by atoms with Gasteiger partial charge in [-0.2, -0.15) is 13.2 Å². The molecule has 4 rings (SSSR count). The predicted octanol–water partition coefficient (Wildman–Crippen LogP) is 1.91. The fourth-order valence-electron chi connectivity index (χ4n) is 2.96. The Bertz CT molecular complexity index is 612. The number of aromatic nitrogens is 1. The lowest BCUT2D eigenvalue weighted by Gasteiger charge is -2.27. The molecule has 2 unspecified atom stereocenters. The monoisotopic (exact) mass is 359 g/mol. The number of piperidine rings is 1. The number of hydrogen-bond donors (Lipinski definition) is 2. The summed E-state index contributed by atoms with van der Waals surface area (Å²) in [7, 11) is 0. The average molecular weight is 359 g/mol. The van der Waals surface area contributed by atoms with Crippen LogP contribution >= 0.6 is 0 Å². The van der Waals surface area contributed by atoms with Crippen LogP contribution in [-0.4, -0.2) is 54.5 Å². The number of pyridine rings is 1. The van der Waals surface area contributed by atoms with E-state index in [1.807, 2.05) is 12.4 Å². The van der Waals surface area contributed by atoms with Gasteiger partial charge in [-0.25, -0.2) is 4.79 Å². The minimum atomic E-state index is -5.08. The number of anilines is 1. The number of aliphatic carboxylic acids is 1. The van der Waals surface area contributed by atoms with Crippen LogP contribution in [0.3, 0.4) is 0 Å². The molecule has 0 spiro atoms. The van der Waals surface area contributed by atoms with Gasteiger partial charge in [0.15, 0.2) is 0 Å². The number of carboxylic acids is 1. The Labute approximate surface area is 143 Å². The third-order valence-corrected chi connectivity index (χ3v) is 4.66. The maximum atomic E-state index is 10.6. The maximum Gasteiger partial charge on any atom is 0.490 e. The SMILES string of the molecule is O=C(O)C(F)(F)F.c1ncc(N2CC3CC3C2)cc1OC[C@@H]1CCN1. The van der Waals surface area contributed by atoms with Crippen LogP contribution in [0.2, 0.25) is 0 Å². The number of halogens is 3. The number of nitrogens with one attached hydrogen (secondary N) is 1. The molecule has 1 aliphatic carbocycles. The van der Waals surface area contributed by atoms with Crippen molar-refractivity contribution in [1.82, 2.24) is 10.3 Å². The third-order valence-electron chi connectivity index (χ3n) is 4.66. The molecule has 3 heterocycles. The van der Waals surface area contributed by atoms with Crippen molar-refractivity contribution < 1.29 is 27.8 Å². The van der Waals surface area contributed by atoms with E-state index in [1.165, 1.54) is 31.6 Å². The first-order valence-corrected chi connectivity index (χ1v) is 8.19. The van der Waals surface area contributed by atoms with Gasteiger partial charge in [0.05, 0.1) is 18.1 Å². The third kappa shape index (κ3) is 4.75. The molecule has 2 saturated heterocycles. The molecule has 0 radical (unpaired) electrons. The highest BCUT2D eigenvalue weighted by Crippen LogP contribution is 2.46. The van der Waals surface area contributed by atoms with E-state index < -0.39 is 12.1 Å². The summed E-state index contributed by atoms with van der Waals surface area (Å²) in [5.41, 5.74) is 1.22. The first-order valence-electron chi connectivity index (χ1n) is 8.19. The Balaban J connectivity index is 0.000000225. The molecule has 3 atom stereocenters. The number of nitrogens with zero attached hydrogens (tertiary/aromatic N) is 2. The van der Waals surface area contributed by atoms with Crippen molar-refractivity contribution in [2.24, 2.45) is 11.8 Å². The fraction of sp³-hybridized carbons (Fsp3) is 0.625. The topological polar surface area (TPSA) is 74.7 Å². The number of carboxylic acid groups (broad SMARTS) is 1.